The van der Waals surface area contributed by atoms with Gasteiger partial charge in [0.15, 0.2) is 0 Å². The molecule has 4 heteroatoms. The Kier molecular flexibility index (Phi) is 7.03. The molecular formula is C23H28N2O2. The van der Waals surface area contributed by atoms with Gasteiger partial charge in [-0.15, -0.1) is 0 Å². The SMILES string of the molecule is O=C(CCc1ccccc1)NCC(=O)N1CCC(Cc2ccccc2)CC1. The van der Waals surface area contributed by atoms with Crippen LogP contribution in [0.1, 0.15) is 30.4 Å². The first-order valence-corrected chi connectivity index (χ1v) is 9.83. The number of amides is 2. The lowest BCUT2D eigenvalue weighted by molar-refractivity contribution is -0.134. The molecule has 0 radical (unpaired) electrons. The van der Waals surface area contributed by atoms with Crippen molar-refractivity contribution in [3.8, 4) is 0 Å². The van der Waals surface area contributed by atoms with Gasteiger partial charge in [0, 0.05) is 19.5 Å². The molecule has 0 atom stereocenters. The van der Waals surface area contributed by atoms with Gasteiger partial charge in [0.2, 0.25) is 11.8 Å². The Morgan fingerprint density at radius 3 is 2.11 bits per heavy atom. The van der Waals surface area contributed by atoms with Crippen LogP contribution in [0.4, 0.5) is 0 Å². The summed E-state index contributed by atoms with van der Waals surface area (Å²) in [6, 6.07) is 20.5. The Bertz CT molecular complexity index is 723. The third-order valence-corrected chi connectivity index (χ3v) is 5.25. The first kappa shape index (κ1) is 19.2. The Labute approximate surface area is 161 Å². The second-order valence-corrected chi connectivity index (χ2v) is 7.28. The van der Waals surface area contributed by atoms with E-state index in [-0.39, 0.29) is 18.4 Å². The quantitative estimate of drug-likeness (QED) is 0.820. The van der Waals surface area contributed by atoms with Gasteiger partial charge in [0.1, 0.15) is 0 Å². The number of hydrogen-bond donors (Lipinski definition) is 1. The molecule has 1 aliphatic heterocycles. The first-order chi connectivity index (χ1) is 13.2. The molecule has 3 rings (SSSR count). The molecule has 0 unspecified atom stereocenters. The number of aryl methyl sites for hydroxylation is 1. The molecule has 1 heterocycles. The molecule has 1 fully saturated rings. The molecule has 2 aromatic carbocycles. The maximum Gasteiger partial charge on any atom is 0.241 e. The van der Waals surface area contributed by atoms with E-state index in [1.54, 1.807) is 0 Å². The molecule has 0 aromatic heterocycles. The normalized spacial score (nSPS) is 14.7. The summed E-state index contributed by atoms with van der Waals surface area (Å²) in [6.45, 7) is 1.68. The zero-order valence-electron chi connectivity index (χ0n) is 15.8. The number of piperidine rings is 1. The summed E-state index contributed by atoms with van der Waals surface area (Å²) < 4.78 is 0. The van der Waals surface area contributed by atoms with Crippen LogP contribution in [0.2, 0.25) is 0 Å². The van der Waals surface area contributed by atoms with Crippen LogP contribution in [0, 0.1) is 5.92 Å². The van der Waals surface area contributed by atoms with E-state index in [0.717, 1.165) is 37.9 Å². The predicted molar refractivity (Wildman–Crippen MR) is 107 cm³/mol. The van der Waals surface area contributed by atoms with Crippen molar-refractivity contribution >= 4 is 11.8 Å². The van der Waals surface area contributed by atoms with Crippen molar-refractivity contribution in [2.45, 2.75) is 32.1 Å². The molecule has 2 aromatic rings. The van der Waals surface area contributed by atoms with Crippen LogP contribution >= 0.6 is 0 Å². The predicted octanol–water partition coefficient (Wildman–Crippen LogP) is 3.22. The summed E-state index contributed by atoms with van der Waals surface area (Å²) in [7, 11) is 0. The van der Waals surface area contributed by atoms with Gasteiger partial charge in [0.25, 0.3) is 0 Å². The molecule has 1 saturated heterocycles. The minimum atomic E-state index is -0.0637. The molecule has 0 aliphatic carbocycles. The zero-order chi connectivity index (χ0) is 18.9. The van der Waals surface area contributed by atoms with Gasteiger partial charge in [-0.05, 0) is 42.7 Å². The molecule has 2 amide bonds. The van der Waals surface area contributed by atoms with Crippen molar-refractivity contribution < 1.29 is 9.59 Å². The van der Waals surface area contributed by atoms with E-state index in [0.29, 0.717) is 18.8 Å². The minimum absolute atomic E-state index is 0.0289. The minimum Gasteiger partial charge on any atom is -0.347 e. The van der Waals surface area contributed by atoms with Crippen molar-refractivity contribution in [3.05, 3.63) is 71.8 Å². The maximum absolute atomic E-state index is 12.4. The Balaban J connectivity index is 1.34. The summed E-state index contributed by atoms with van der Waals surface area (Å²) in [6.07, 6.45) is 4.26. The van der Waals surface area contributed by atoms with Gasteiger partial charge in [-0.1, -0.05) is 60.7 Å². The van der Waals surface area contributed by atoms with Crippen molar-refractivity contribution in [1.82, 2.24) is 10.2 Å². The molecule has 0 spiro atoms. The second-order valence-electron chi connectivity index (χ2n) is 7.28. The number of benzene rings is 2. The molecule has 1 N–H and O–H groups in total. The standard InChI is InChI=1S/C23H28N2O2/c26-22(12-11-19-7-3-1-4-8-19)24-18-23(27)25-15-13-21(14-16-25)17-20-9-5-2-6-10-20/h1-10,21H,11-18H2,(H,24,26). The topological polar surface area (TPSA) is 49.4 Å². The largest absolute Gasteiger partial charge is 0.347 e. The third-order valence-electron chi connectivity index (χ3n) is 5.25. The van der Waals surface area contributed by atoms with E-state index in [1.165, 1.54) is 5.56 Å². The summed E-state index contributed by atoms with van der Waals surface area (Å²) >= 11 is 0. The second kappa shape index (κ2) is 9.91. The Hall–Kier alpha value is -2.62. The number of nitrogens with one attached hydrogen (secondary N) is 1. The number of likely N-dealkylation sites (tertiary alicyclic amines) is 1. The lowest BCUT2D eigenvalue weighted by atomic mass is 9.90. The molecule has 27 heavy (non-hydrogen) atoms. The summed E-state index contributed by atoms with van der Waals surface area (Å²) in [5.41, 5.74) is 2.51. The van der Waals surface area contributed by atoms with Crippen LogP contribution in [-0.4, -0.2) is 36.3 Å². The van der Waals surface area contributed by atoms with Crippen molar-refractivity contribution in [2.24, 2.45) is 5.92 Å². The molecule has 0 bridgehead atoms. The van der Waals surface area contributed by atoms with Gasteiger partial charge >= 0.3 is 0 Å². The number of carbonyl (C=O) groups is 2. The molecular weight excluding hydrogens is 336 g/mol. The molecule has 1 aliphatic rings. The molecule has 4 nitrogen and oxygen atoms in total. The fourth-order valence-corrected chi connectivity index (χ4v) is 3.61. The van der Waals surface area contributed by atoms with Crippen molar-refractivity contribution in [1.29, 1.82) is 0 Å². The third kappa shape index (κ3) is 6.24. The lowest BCUT2D eigenvalue weighted by Gasteiger charge is -2.32. The number of hydrogen-bond acceptors (Lipinski definition) is 2. The van der Waals surface area contributed by atoms with Gasteiger partial charge < -0.3 is 10.2 Å². The zero-order valence-corrected chi connectivity index (χ0v) is 15.8. The van der Waals surface area contributed by atoms with E-state index >= 15 is 0 Å². The number of nitrogens with zero attached hydrogens (tertiary/aromatic N) is 1. The van der Waals surface area contributed by atoms with E-state index in [2.05, 4.69) is 29.6 Å². The van der Waals surface area contributed by atoms with Crippen LogP contribution in [0.3, 0.4) is 0 Å². The van der Waals surface area contributed by atoms with E-state index in [9.17, 15) is 9.59 Å². The van der Waals surface area contributed by atoms with E-state index < -0.39 is 0 Å². The highest BCUT2D eigenvalue weighted by Crippen LogP contribution is 2.21. The molecule has 0 saturated carbocycles. The summed E-state index contributed by atoms with van der Waals surface area (Å²) in [4.78, 5) is 26.2. The molecule has 142 valence electrons. The van der Waals surface area contributed by atoms with Crippen LogP contribution in [-0.2, 0) is 22.4 Å². The monoisotopic (exact) mass is 364 g/mol. The highest BCUT2D eigenvalue weighted by molar-refractivity contribution is 5.84. The van der Waals surface area contributed by atoms with Gasteiger partial charge in [-0.2, -0.15) is 0 Å². The first-order valence-electron chi connectivity index (χ1n) is 9.83. The Morgan fingerprint density at radius 1 is 0.889 bits per heavy atom. The van der Waals surface area contributed by atoms with Crippen LogP contribution < -0.4 is 5.32 Å². The highest BCUT2D eigenvalue weighted by Gasteiger charge is 2.23. The smallest absolute Gasteiger partial charge is 0.241 e. The van der Waals surface area contributed by atoms with Crippen LogP contribution in [0.15, 0.2) is 60.7 Å². The highest BCUT2D eigenvalue weighted by atomic mass is 16.2. The maximum atomic E-state index is 12.4. The van der Waals surface area contributed by atoms with Gasteiger partial charge in [0.05, 0.1) is 6.54 Å². The van der Waals surface area contributed by atoms with Gasteiger partial charge in [-0.25, -0.2) is 0 Å². The number of carbonyl (C=O) groups excluding carboxylic acids is 2. The summed E-state index contributed by atoms with van der Waals surface area (Å²) in [5, 5.41) is 2.77. The van der Waals surface area contributed by atoms with E-state index in [4.69, 9.17) is 0 Å². The van der Waals surface area contributed by atoms with Crippen molar-refractivity contribution in [2.75, 3.05) is 19.6 Å². The van der Waals surface area contributed by atoms with Crippen LogP contribution in [0.25, 0.3) is 0 Å². The van der Waals surface area contributed by atoms with Gasteiger partial charge in [-0.3, -0.25) is 9.59 Å². The fraction of sp³-hybridized carbons (Fsp3) is 0.391. The summed E-state index contributed by atoms with van der Waals surface area (Å²) in [5.74, 6) is 0.601. The van der Waals surface area contributed by atoms with Crippen LogP contribution in [0.5, 0.6) is 0 Å². The van der Waals surface area contributed by atoms with Crippen molar-refractivity contribution in [3.63, 3.8) is 0 Å². The lowest BCUT2D eigenvalue weighted by Crippen LogP contribution is -2.44. The number of rotatable bonds is 7. The Morgan fingerprint density at radius 2 is 1.48 bits per heavy atom. The van der Waals surface area contributed by atoms with E-state index in [1.807, 2.05) is 41.3 Å². The average Bonchev–Trinajstić information content (AvgIpc) is 2.72. The average molecular weight is 364 g/mol. The fourth-order valence-electron chi connectivity index (χ4n) is 3.61.